The van der Waals surface area contributed by atoms with Crippen molar-refractivity contribution in [3.05, 3.63) is 40.9 Å². The van der Waals surface area contributed by atoms with Crippen molar-refractivity contribution < 1.29 is 4.79 Å². The molecule has 1 aliphatic rings. The second kappa shape index (κ2) is 4.53. The Morgan fingerprint density at radius 1 is 1.39 bits per heavy atom. The molecular weight excluding hydrogens is 244 g/mol. The first-order valence-corrected chi connectivity index (χ1v) is 6.88. The highest BCUT2D eigenvalue weighted by Gasteiger charge is 2.23. The summed E-state index contributed by atoms with van der Waals surface area (Å²) >= 11 is 1.69. The molecule has 1 N–H and O–H groups in total. The summed E-state index contributed by atoms with van der Waals surface area (Å²) in [4.78, 5) is 18.6. The Balaban J connectivity index is 1.86. The maximum atomic E-state index is 11.9. The van der Waals surface area contributed by atoms with Crippen molar-refractivity contribution in [1.29, 1.82) is 0 Å². The maximum absolute atomic E-state index is 11.9. The van der Waals surface area contributed by atoms with Gasteiger partial charge in [0.1, 0.15) is 0 Å². The standard InChI is InChI=1S/C14H14N2OS/c1-9-2-5-13(18-9)12-8-10(6-7-15-12)14(17)16-11-3-4-11/h2,5-8,11H,3-4H2,1H3,(H,16,17). The number of nitrogens with zero attached hydrogens (tertiary/aromatic N) is 1. The molecule has 0 spiro atoms. The number of rotatable bonds is 3. The zero-order valence-corrected chi connectivity index (χ0v) is 11.0. The van der Waals surface area contributed by atoms with Crippen molar-refractivity contribution in [3.63, 3.8) is 0 Å². The third-order valence-electron chi connectivity index (χ3n) is 2.93. The summed E-state index contributed by atoms with van der Waals surface area (Å²) < 4.78 is 0. The fourth-order valence-electron chi connectivity index (χ4n) is 1.78. The molecule has 2 heterocycles. The third kappa shape index (κ3) is 2.43. The number of amides is 1. The summed E-state index contributed by atoms with van der Waals surface area (Å²) in [7, 11) is 0. The van der Waals surface area contributed by atoms with Gasteiger partial charge in [0.15, 0.2) is 0 Å². The van der Waals surface area contributed by atoms with E-state index >= 15 is 0 Å². The average Bonchev–Trinajstić information content (AvgIpc) is 3.08. The van der Waals surface area contributed by atoms with Crippen LogP contribution in [0.1, 0.15) is 28.1 Å². The van der Waals surface area contributed by atoms with E-state index in [9.17, 15) is 4.79 Å². The molecule has 0 unspecified atom stereocenters. The number of aromatic nitrogens is 1. The number of thiophene rings is 1. The molecule has 2 aromatic rings. The van der Waals surface area contributed by atoms with E-state index in [1.807, 2.05) is 12.1 Å². The van der Waals surface area contributed by atoms with Crippen molar-refractivity contribution in [3.8, 4) is 10.6 Å². The van der Waals surface area contributed by atoms with E-state index in [4.69, 9.17) is 0 Å². The first-order valence-electron chi connectivity index (χ1n) is 6.06. The fourth-order valence-corrected chi connectivity index (χ4v) is 2.61. The van der Waals surface area contributed by atoms with Crippen molar-refractivity contribution in [2.75, 3.05) is 0 Å². The number of nitrogens with one attached hydrogen (secondary N) is 1. The van der Waals surface area contributed by atoms with Gasteiger partial charge in [-0.15, -0.1) is 11.3 Å². The van der Waals surface area contributed by atoms with Gasteiger partial charge < -0.3 is 5.32 Å². The number of aryl methyl sites for hydroxylation is 1. The molecule has 3 nitrogen and oxygen atoms in total. The zero-order chi connectivity index (χ0) is 12.5. The third-order valence-corrected chi connectivity index (χ3v) is 3.95. The Bertz CT molecular complexity index is 587. The molecule has 3 rings (SSSR count). The minimum Gasteiger partial charge on any atom is -0.349 e. The monoisotopic (exact) mass is 258 g/mol. The number of pyridine rings is 1. The molecule has 2 aromatic heterocycles. The lowest BCUT2D eigenvalue weighted by Crippen LogP contribution is -2.25. The first-order chi connectivity index (χ1) is 8.72. The lowest BCUT2D eigenvalue weighted by atomic mass is 10.2. The SMILES string of the molecule is Cc1ccc(-c2cc(C(=O)NC3CC3)ccn2)s1. The van der Waals surface area contributed by atoms with Crippen LogP contribution >= 0.6 is 11.3 Å². The minimum absolute atomic E-state index is 0.00873. The van der Waals surface area contributed by atoms with Crippen LogP contribution in [-0.2, 0) is 0 Å². The summed E-state index contributed by atoms with van der Waals surface area (Å²) in [6, 6.07) is 8.13. The molecule has 1 fully saturated rings. The highest BCUT2D eigenvalue weighted by atomic mass is 32.1. The zero-order valence-electron chi connectivity index (χ0n) is 10.1. The second-order valence-corrected chi connectivity index (χ2v) is 5.88. The van der Waals surface area contributed by atoms with Gasteiger partial charge in [0, 0.05) is 22.7 Å². The van der Waals surface area contributed by atoms with Gasteiger partial charge in [0.2, 0.25) is 0 Å². The summed E-state index contributed by atoms with van der Waals surface area (Å²) in [6.45, 7) is 2.07. The van der Waals surface area contributed by atoms with Crippen LogP contribution in [0.15, 0.2) is 30.5 Å². The van der Waals surface area contributed by atoms with Gasteiger partial charge in [0.25, 0.3) is 5.91 Å². The number of hydrogen-bond donors (Lipinski definition) is 1. The minimum atomic E-state index is 0.00873. The fraction of sp³-hybridized carbons (Fsp3) is 0.286. The number of carbonyl (C=O) groups is 1. The molecule has 1 saturated carbocycles. The van der Waals surface area contributed by atoms with Crippen molar-refractivity contribution in [2.24, 2.45) is 0 Å². The molecule has 92 valence electrons. The normalized spacial score (nSPS) is 14.5. The van der Waals surface area contributed by atoms with Gasteiger partial charge in [0.05, 0.1) is 10.6 Å². The summed E-state index contributed by atoms with van der Waals surface area (Å²) in [5.41, 5.74) is 1.56. The molecule has 0 saturated heterocycles. The van der Waals surface area contributed by atoms with E-state index in [0.717, 1.165) is 23.4 Å². The van der Waals surface area contributed by atoms with Crippen molar-refractivity contribution in [2.45, 2.75) is 25.8 Å². The highest BCUT2D eigenvalue weighted by Crippen LogP contribution is 2.26. The van der Waals surface area contributed by atoms with Gasteiger partial charge in [-0.25, -0.2) is 0 Å². The van der Waals surface area contributed by atoms with Gasteiger partial charge in [-0.3, -0.25) is 9.78 Å². The van der Waals surface area contributed by atoms with Crippen LogP contribution < -0.4 is 5.32 Å². The van der Waals surface area contributed by atoms with Gasteiger partial charge in [-0.2, -0.15) is 0 Å². The quantitative estimate of drug-likeness (QED) is 0.919. The molecule has 1 amide bonds. The Morgan fingerprint density at radius 2 is 2.22 bits per heavy atom. The topological polar surface area (TPSA) is 42.0 Å². The molecule has 0 atom stereocenters. The van der Waals surface area contributed by atoms with E-state index in [1.165, 1.54) is 4.88 Å². The Labute approximate surface area is 110 Å². The summed E-state index contributed by atoms with van der Waals surface area (Å²) in [5.74, 6) is 0.00873. The maximum Gasteiger partial charge on any atom is 0.251 e. The average molecular weight is 258 g/mol. The van der Waals surface area contributed by atoms with Crippen LogP contribution in [0.2, 0.25) is 0 Å². The van der Waals surface area contributed by atoms with E-state index in [2.05, 4.69) is 23.3 Å². The number of carbonyl (C=O) groups excluding carboxylic acids is 1. The van der Waals surface area contributed by atoms with Crippen LogP contribution in [0, 0.1) is 6.92 Å². The van der Waals surface area contributed by atoms with Crippen molar-refractivity contribution >= 4 is 17.2 Å². The van der Waals surface area contributed by atoms with Crippen molar-refractivity contribution in [1.82, 2.24) is 10.3 Å². The molecule has 4 heteroatoms. The summed E-state index contributed by atoms with van der Waals surface area (Å²) in [5, 5.41) is 2.99. The lowest BCUT2D eigenvalue weighted by Gasteiger charge is -2.04. The van der Waals surface area contributed by atoms with Crippen LogP contribution in [-0.4, -0.2) is 16.9 Å². The largest absolute Gasteiger partial charge is 0.349 e. The summed E-state index contributed by atoms with van der Waals surface area (Å²) in [6.07, 6.45) is 3.91. The predicted molar refractivity (Wildman–Crippen MR) is 72.8 cm³/mol. The van der Waals surface area contributed by atoms with E-state index in [-0.39, 0.29) is 5.91 Å². The van der Waals surface area contributed by atoms with Gasteiger partial charge in [-0.1, -0.05) is 0 Å². The van der Waals surface area contributed by atoms with Gasteiger partial charge >= 0.3 is 0 Å². The van der Waals surface area contributed by atoms with Crippen LogP contribution in [0.4, 0.5) is 0 Å². The lowest BCUT2D eigenvalue weighted by molar-refractivity contribution is 0.0951. The molecular formula is C14H14N2OS. The molecule has 0 bridgehead atoms. The Hall–Kier alpha value is -1.68. The molecule has 0 aliphatic heterocycles. The molecule has 0 aromatic carbocycles. The molecule has 1 aliphatic carbocycles. The van der Waals surface area contributed by atoms with Crippen LogP contribution in [0.3, 0.4) is 0 Å². The van der Waals surface area contributed by atoms with Crippen LogP contribution in [0.5, 0.6) is 0 Å². The molecule has 0 radical (unpaired) electrons. The van der Waals surface area contributed by atoms with E-state index in [1.54, 1.807) is 23.6 Å². The second-order valence-electron chi connectivity index (χ2n) is 4.59. The number of hydrogen-bond acceptors (Lipinski definition) is 3. The van der Waals surface area contributed by atoms with Crippen LogP contribution in [0.25, 0.3) is 10.6 Å². The predicted octanol–water partition coefficient (Wildman–Crippen LogP) is 3.01. The molecule has 18 heavy (non-hydrogen) atoms. The highest BCUT2D eigenvalue weighted by molar-refractivity contribution is 7.15. The van der Waals surface area contributed by atoms with E-state index in [0.29, 0.717) is 11.6 Å². The smallest absolute Gasteiger partial charge is 0.251 e. The first kappa shape index (κ1) is 11.4. The Kier molecular flexibility index (Phi) is 2.88. The van der Waals surface area contributed by atoms with Gasteiger partial charge in [-0.05, 0) is 44.0 Å². The van der Waals surface area contributed by atoms with E-state index < -0.39 is 0 Å². The Morgan fingerprint density at radius 3 is 2.89 bits per heavy atom.